The van der Waals surface area contributed by atoms with E-state index in [1.165, 1.54) is 13.2 Å². The number of carbonyl (C=O) groups is 1. The molecular formula is C22H27F3N2O3. The van der Waals surface area contributed by atoms with Crippen LogP contribution in [0.3, 0.4) is 0 Å². The number of hydrogen-bond acceptors (Lipinski definition) is 4. The van der Waals surface area contributed by atoms with Crippen LogP contribution >= 0.6 is 0 Å². The SMILES string of the molecule is C=C(OCC)c1ccc(Cn2c(C(C)(C)C)nc(C(=O)OC)c2C)c(C(F)(F)F)c1. The quantitative estimate of drug-likeness (QED) is 0.463. The Morgan fingerprint density at radius 3 is 2.37 bits per heavy atom. The Bertz CT molecular complexity index is 954. The Morgan fingerprint density at radius 1 is 1.23 bits per heavy atom. The fraction of sp³-hybridized carbons (Fsp3) is 0.455. The van der Waals surface area contributed by atoms with Crippen molar-refractivity contribution in [3.05, 3.63) is 58.7 Å². The molecule has 5 nitrogen and oxygen atoms in total. The molecule has 0 spiro atoms. The molecule has 8 heteroatoms. The number of nitrogens with zero attached hydrogens (tertiary/aromatic N) is 2. The normalized spacial score (nSPS) is 12.0. The molecule has 0 aliphatic heterocycles. The van der Waals surface area contributed by atoms with Crippen molar-refractivity contribution in [2.45, 2.75) is 52.8 Å². The first-order valence-electron chi connectivity index (χ1n) is 9.49. The summed E-state index contributed by atoms with van der Waals surface area (Å²) in [5.41, 5.74) is -0.425. The first-order chi connectivity index (χ1) is 13.8. The minimum Gasteiger partial charge on any atom is -0.494 e. The van der Waals surface area contributed by atoms with Crippen LogP contribution in [0.25, 0.3) is 5.76 Å². The number of carbonyl (C=O) groups excluding carboxylic acids is 1. The standard InChI is InChI=1S/C22H27F3N2O3/c1-8-30-14(3)15-9-10-16(17(11-15)22(23,24)25)12-27-13(2)18(19(28)29-7)26-20(27)21(4,5)6/h9-11H,3,8,12H2,1-2,4-7H3. The Morgan fingerprint density at radius 2 is 1.87 bits per heavy atom. The van der Waals surface area contributed by atoms with Crippen LogP contribution in [-0.2, 0) is 27.6 Å². The molecule has 0 aliphatic carbocycles. The molecule has 0 saturated heterocycles. The van der Waals surface area contributed by atoms with Crippen molar-refractivity contribution in [3.63, 3.8) is 0 Å². The Labute approximate surface area is 174 Å². The van der Waals surface area contributed by atoms with E-state index >= 15 is 0 Å². The van der Waals surface area contributed by atoms with Crippen LogP contribution in [0.5, 0.6) is 0 Å². The predicted molar refractivity (Wildman–Crippen MR) is 108 cm³/mol. The highest BCUT2D eigenvalue weighted by molar-refractivity contribution is 5.88. The Kier molecular flexibility index (Phi) is 6.69. The zero-order valence-corrected chi connectivity index (χ0v) is 18.1. The molecule has 0 aliphatic rings. The van der Waals surface area contributed by atoms with Gasteiger partial charge in [-0.25, -0.2) is 9.78 Å². The summed E-state index contributed by atoms with van der Waals surface area (Å²) in [7, 11) is 1.24. The molecule has 0 fully saturated rings. The average Bonchev–Trinajstić information content (AvgIpc) is 2.97. The molecular weight excluding hydrogens is 397 g/mol. The van der Waals surface area contributed by atoms with Gasteiger partial charge in [0.25, 0.3) is 0 Å². The van der Waals surface area contributed by atoms with E-state index in [2.05, 4.69) is 11.6 Å². The zero-order chi connectivity index (χ0) is 22.9. The van der Waals surface area contributed by atoms with Crippen molar-refractivity contribution in [3.8, 4) is 0 Å². The molecule has 0 unspecified atom stereocenters. The lowest BCUT2D eigenvalue weighted by Crippen LogP contribution is -2.21. The molecule has 0 bridgehead atoms. The summed E-state index contributed by atoms with van der Waals surface area (Å²) in [5.74, 6) is 0.0456. The number of methoxy groups -OCH3 is 1. The van der Waals surface area contributed by atoms with Gasteiger partial charge in [-0.1, -0.05) is 39.5 Å². The lowest BCUT2D eigenvalue weighted by Gasteiger charge is -2.22. The second-order valence-corrected chi connectivity index (χ2v) is 7.92. The fourth-order valence-corrected chi connectivity index (χ4v) is 3.17. The largest absolute Gasteiger partial charge is 0.494 e. The molecule has 1 aromatic carbocycles. The van der Waals surface area contributed by atoms with Crippen LogP contribution in [0.1, 0.15) is 66.4 Å². The van der Waals surface area contributed by atoms with E-state index in [9.17, 15) is 18.0 Å². The predicted octanol–water partition coefficient (Wildman–Crippen LogP) is 5.35. The van der Waals surface area contributed by atoms with Gasteiger partial charge in [-0.05, 0) is 25.5 Å². The smallest absolute Gasteiger partial charge is 0.416 e. The van der Waals surface area contributed by atoms with E-state index in [1.807, 2.05) is 20.8 Å². The molecule has 0 radical (unpaired) electrons. The van der Waals surface area contributed by atoms with Crippen molar-refractivity contribution in [1.82, 2.24) is 9.55 Å². The molecule has 0 saturated carbocycles. The lowest BCUT2D eigenvalue weighted by atomic mass is 9.95. The molecule has 1 heterocycles. The topological polar surface area (TPSA) is 53.4 Å². The van der Waals surface area contributed by atoms with Crippen LogP contribution in [0.4, 0.5) is 13.2 Å². The summed E-state index contributed by atoms with van der Waals surface area (Å²) in [6, 6.07) is 4.00. The molecule has 1 aromatic heterocycles. The van der Waals surface area contributed by atoms with Gasteiger partial charge in [0.2, 0.25) is 0 Å². The number of ether oxygens (including phenoxy) is 2. The van der Waals surface area contributed by atoms with E-state index < -0.39 is 23.1 Å². The Hall–Kier alpha value is -2.77. The average molecular weight is 424 g/mol. The number of imidazole rings is 1. The number of hydrogen-bond donors (Lipinski definition) is 0. The molecule has 0 amide bonds. The summed E-state index contributed by atoms with van der Waals surface area (Å²) in [6.07, 6.45) is -4.57. The number of benzene rings is 1. The van der Waals surface area contributed by atoms with E-state index in [4.69, 9.17) is 9.47 Å². The third kappa shape index (κ3) is 4.86. The molecule has 0 N–H and O–H groups in total. The molecule has 30 heavy (non-hydrogen) atoms. The van der Waals surface area contributed by atoms with Gasteiger partial charge < -0.3 is 14.0 Å². The van der Waals surface area contributed by atoms with Gasteiger partial charge >= 0.3 is 12.1 Å². The number of alkyl halides is 3. The maximum absolute atomic E-state index is 13.8. The van der Waals surface area contributed by atoms with Crippen molar-refractivity contribution < 1.29 is 27.4 Å². The van der Waals surface area contributed by atoms with Gasteiger partial charge in [0.1, 0.15) is 11.6 Å². The molecule has 0 atom stereocenters. The first kappa shape index (κ1) is 23.5. The van der Waals surface area contributed by atoms with Gasteiger partial charge in [0, 0.05) is 23.2 Å². The summed E-state index contributed by atoms with van der Waals surface area (Å²) in [4.78, 5) is 16.5. The maximum atomic E-state index is 13.8. The van der Waals surface area contributed by atoms with Gasteiger partial charge in [-0.3, -0.25) is 0 Å². The first-order valence-corrected chi connectivity index (χ1v) is 9.49. The highest BCUT2D eigenvalue weighted by Crippen LogP contribution is 2.35. The second kappa shape index (κ2) is 8.53. The van der Waals surface area contributed by atoms with Crippen LogP contribution in [0, 0.1) is 6.92 Å². The number of esters is 1. The summed E-state index contributed by atoms with van der Waals surface area (Å²) < 4.78 is 53.2. The molecule has 2 rings (SSSR count). The summed E-state index contributed by atoms with van der Waals surface area (Å²) in [5, 5.41) is 0. The van der Waals surface area contributed by atoms with Crippen LogP contribution < -0.4 is 0 Å². The van der Waals surface area contributed by atoms with Crippen LogP contribution in [0.15, 0.2) is 24.8 Å². The summed E-state index contributed by atoms with van der Waals surface area (Å²) in [6.45, 7) is 12.9. The Balaban J connectivity index is 2.63. The fourth-order valence-electron chi connectivity index (χ4n) is 3.17. The van der Waals surface area contributed by atoms with E-state index in [-0.39, 0.29) is 29.1 Å². The second-order valence-electron chi connectivity index (χ2n) is 7.92. The third-order valence-corrected chi connectivity index (χ3v) is 4.65. The number of aromatic nitrogens is 2. The van der Waals surface area contributed by atoms with Crippen LogP contribution in [-0.4, -0.2) is 29.2 Å². The number of rotatable bonds is 6. The molecule has 164 valence electrons. The monoisotopic (exact) mass is 424 g/mol. The zero-order valence-electron chi connectivity index (χ0n) is 18.1. The maximum Gasteiger partial charge on any atom is 0.416 e. The van der Waals surface area contributed by atoms with E-state index in [0.29, 0.717) is 18.1 Å². The third-order valence-electron chi connectivity index (χ3n) is 4.65. The number of halogens is 3. The van der Waals surface area contributed by atoms with Crippen molar-refractivity contribution in [2.75, 3.05) is 13.7 Å². The van der Waals surface area contributed by atoms with Gasteiger partial charge in [-0.2, -0.15) is 13.2 Å². The van der Waals surface area contributed by atoms with Crippen LogP contribution in [0.2, 0.25) is 0 Å². The minimum atomic E-state index is -4.57. The van der Waals surface area contributed by atoms with Crippen molar-refractivity contribution in [2.24, 2.45) is 0 Å². The highest BCUT2D eigenvalue weighted by atomic mass is 19.4. The minimum absolute atomic E-state index is 0.0537. The van der Waals surface area contributed by atoms with Gasteiger partial charge in [0.15, 0.2) is 5.69 Å². The highest BCUT2D eigenvalue weighted by Gasteiger charge is 2.35. The summed E-state index contributed by atoms with van der Waals surface area (Å²) >= 11 is 0. The molecule has 2 aromatic rings. The van der Waals surface area contributed by atoms with Crippen molar-refractivity contribution >= 4 is 11.7 Å². The van der Waals surface area contributed by atoms with E-state index in [0.717, 1.165) is 6.07 Å². The van der Waals surface area contributed by atoms with E-state index in [1.54, 1.807) is 24.5 Å². The van der Waals surface area contributed by atoms with Gasteiger partial charge in [0.05, 0.1) is 19.3 Å². The van der Waals surface area contributed by atoms with Crippen molar-refractivity contribution in [1.29, 1.82) is 0 Å². The van der Waals surface area contributed by atoms with Gasteiger partial charge in [-0.15, -0.1) is 0 Å². The lowest BCUT2D eigenvalue weighted by molar-refractivity contribution is -0.138.